The van der Waals surface area contributed by atoms with Crippen LogP contribution in [0.25, 0.3) is 0 Å². The summed E-state index contributed by atoms with van der Waals surface area (Å²) in [6, 6.07) is 7.43. The first-order valence-corrected chi connectivity index (χ1v) is 7.39. The van der Waals surface area contributed by atoms with E-state index in [0.717, 1.165) is 0 Å². The molecule has 0 saturated heterocycles. The number of nitro groups is 1. The van der Waals surface area contributed by atoms with Gasteiger partial charge in [0.25, 0.3) is 11.6 Å². The summed E-state index contributed by atoms with van der Waals surface area (Å²) in [7, 11) is 1.60. The Kier molecular flexibility index (Phi) is 4.82. The zero-order valence-corrected chi connectivity index (χ0v) is 13.2. The van der Waals surface area contributed by atoms with Crippen molar-refractivity contribution in [2.45, 2.75) is 6.54 Å². The van der Waals surface area contributed by atoms with Crippen LogP contribution in [0.5, 0.6) is 0 Å². The molecule has 5 nitrogen and oxygen atoms in total. The zero-order chi connectivity index (χ0) is 15.6. The van der Waals surface area contributed by atoms with E-state index in [4.69, 9.17) is 23.2 Å². The largest absolute Gasteiger partial charge is 0.337 e. The van der Waals surface area contributed by atoms with Crippen molar-refractivity contribution in [3.8, 4) is 0 Å². The van der Waals surface area contributed by atoms with Crippen molar-refractivity contribution in [1.82, 2.24) is 4.90 Å². The minimum absolute atomic E-state index is 0.0607. The molecule has 0 unspecified atom stereocenters. The zero-order valence-electron chi connectivity index (χ0n) is 10.9. The molecule has 2 aromatic rings. The highest BCUT2D eigenvalue weighted by Crippen LogP contribution is 2.25. The van der Waals surface area contributed by atoms with Crippen LogP contribution in [0.15, 0.2) is 30.3 Å². The number of halogens is 2. The minimum Gasteiger partial charge on any atom is -0.337 e. The summed E-state index contributed by atoms with van der Waals surface area (Å²) in [5, 5.41) is 11.2. The van der Waals surface area contributed by atoms with Crippen molar-refractivity contribution >= 4 is 46.1 Å². The molecular weight excluding hydrogens is 335 g/mol. The highest BCUT2D eigenvalue weighted by molar-refractivity contribution is 7.17. The first-order chi connectivity index (χ1) is 9.88. The number of benzene rings is 1. The smallest absolute Gasteiger partial charge is 0.269 e. The molecule has 2 rings (SSSR count). The Morgan fingerprint density at radius 2 is 2.05 bits per heavy atom. The standard InChI is InChI=1S/C13H10Cl2N2O3S/c1-16(13(18)11-4-5-12(15)21-11)7-8-6-9(17(19)20)2-3-10(8)14/h2-6H,7H2,1H3. The van der Waals surface area contributed by atoms with Gasteiger partial charge in [-0.05, 0) is 23.8 Å². The predicted molar refractivity (Wildman–Crippen MR) is 83.2 cm³/mol. The minimum atomic E-state index is -0.499. The van der Waals surface area contributed by atoms with Gasteiger partial charge in [-0.25, -0.2) is 0 Å². The van der Waals surface area contributed by atoms with Gasteiger partial charge in [0.15, 0.2) is 0 Å². The van der Waals surface area contributed by atoms with E-state index in [1.54, 1.807) is 19.2 Å². The summed E-state index contributed by atoms with van der Waals surface area (Å²) in [5.41, 5.74) is 0.457. The molecule has 21 heavy (non-hydrogen) atoms. The number of amides is 1. The summed E-state index contributed by atoms with van der Waals surface area (Å²) in [6.45, 7) is 0.175. The molecule has 0 atom stereocenters. The summed E-state index contributed by atoms with van der Waals surface area (Å²) < 4.78 is 0.528. The number of carbonyl (C=O) groups is 1. The molecule has 1 amide bonds. The van der Waals surface area contributed by atoms with E-state index < -0.39 is 4.92 Å². The summed E-state index contributed by atoms with van der Waals surface area (Å²) in [5.74, 6) is -0.213. The van der Waals surface area contributed by atoms with Crippen molar-refractivity contribution < 1.29 is 9.72 Å². The van der Waals surface area contributed by atoms with Crippen molar-refractivity contribution in [2.24, 2.45) is 0 Å². The second-order valence-corrected chi connectivity index (χ2v) is 6.42. The van der Waals surface area contributed by atoms with Gasteiger partial charge in [0.05, 0.1) is 14.1 Å². The van der Waals surface area contributed by atoms with Crippen LogP contribution in [-0.2, 0) is 6.54 Å². The quantitative estimate of drug-likeness (QED) is 0.615. The number of hydrogen-bond acceptors (Lipinski definition) is 4. The van der Waals surface area contributed by atoms with E-state index in [2.05, 4.69) is 0 Å². The summed E-state index contributed by atoms with van der Waals surface area (Å²) >= 11 is 13.0. The van der Waals surface area contributed by atoms with Gasteiger partial charge in [-0.2, -0.15) is 0 Å². The van der Waals surface area contributed by atoms with Crippen molar-refractivity contribution in [3.63, 3.8) is 0 Å². The molecule has 8 heteroatoms. The first kappa shape index (κ1) is 15.8. The Bertz CT molecular complexity index is 702. The monoisotopic (exact) mass is 344 g/mol. The molecule has 0 radical (unpaired) electrons. The van der Waals surface area contributed by atoms with Crippen molar-refractivity contribution in [2.75, 3.05) is 7.05 Å². The van der Waals surface area contributed by atoms with E-state index in [9.17, 15) is 14.9 Å². The van der Waals surface area contributed by atoms with Crippen LogP contribution >= 0.6 is 34.5 Å². The fraction of sp³-hybridized carbons (Fsp3) is 0.154. The molecule has 0 spiro atoms. The van der Waals surface area contributed by atoms with Gasteiger partial charge in [-0.3, -0.25) is 14.9 Å². The van der Waals surface area contributed by atoms with Crippen LogP contribution in [0.1, 0.15) is 15.2 Å². The molecule has 0 aliphatic rings. The van der Waals surface area contributed by atoms with E-state index in [1.807, 2.05) is 0 Å². The molecule has 0 bridgehead atoms. The highest BCUT2D eigenvalue weighted by Gasteiger charge is 2.17. The number of carbonyl (C=O) groups excluding carboxylic acids is 1. The van der Waals surface area contributed by atoms with Gasteiger partial charge in [-0.1, -0.05) is 23.2 Å². The van der Waals surface area contributed by atoms with Gasteiger partial charge in [0.1, 0.15) is 0 Å². The van der Waals surface area contributed by atoms with Crippen LogP contribution in [-0.4, -0.2) is 22.8 Å². The first-order valence-electron chi connectivity index (χ1n) is 5.82. The maximum atomic E-state index is 12.2. The fourth-order valence-corrected chi connectivity index (χ4v) is 2.96. The van der Waals surface area contributed by atoms with Gasteiger partial charge >= 0.3 is 0 Å². The SMILES string of the molecule is CN(Cc1cc([N+](=O)[O-])ccc1Cl)C(=O)c1ccc(Cl)s1. The van der Waals surface area contributed by atoms with Gasteiger partial charge < -0.3 is 4.90 Å². The molecule has 1 aromatic carbocycles. The maximum Gasteiger partial charge on any atom is 0.269 e. The second kappa shape index (κ2) is 6.43. The molecule has 0 saturated carbocycles. The Balaban J connectivity index is 2.19. The van der Waals surface area contributed by atoms with Gasteiger partial charge in [-0.15, -0.1) is 11.3 Å². The Morgan fingerprint density at radius 1 is 1.33 bits per heavy atom. The summed E-state index contributed by atoms with van der Waals surface area (Å²) in [6.07, 6.45) is 0. The molecule has 0 aliphatic heterocycles. The van der Waals surface area contributed by atoms with Gasteiger partial charge in [0, 0.05) is 30.7 Å². The molecule has 110 valence electrons. The predicted octanol–water partition coefficient (Wildman–Crippen LogP) is 4.24. The molecular formula is C13H10Cl2N2O3S. The van der Waals surface area contributed by atoms with E-state index in [1.165, 1.54) is 34.4 Å². The Morgan fingerprint density at radius 3 is 2.62 bits per heavy atom. The number of hydrogen-bond donors (Lipinski definition) is 0. The molecule has 1 heterocycles. The number of non-ortho nitro benzene ring substituents is 1. The number of nitro benzene ring substituents is 1. The summed E-state index contributed by atoms with van der Waals surface area (Å²) in [4.78, 5) is 24.4. The molecule has 1 aromatic heterocycles. The molecule has 0 fully saturated rings. The molecule has 0 N–H and O–H groups in total. The third-order valence-electron chi connectivity index (χ3n) is 2.78. The fourth-order valence-electron chi connectivity index (χ4n) is 1.74. The van der Waals surface area contributed by atoms with Crippen LogP contribution in [0.2, 0.25) is 9.36 Å². The highest BCUT2D eigenvalue weighted by atomic mass is 35.5. The lowest BCUT2D eigenvalue weighted by Crippen LogP contribution is -2.25. The second-order valence-electron chi connectivity index (χ2n) is 4.30. The van der Waals surface area contributed by atoms with Crippen LogP contribution in [0.4, 0.5) is 5.69 Å². The van der Waals surface area contributed by atoms with Crippen LogP contribution in [0, 0.1) is 10.1 Å². The average Bonchev–Trinajstić information content (AvgIpc) is 2.86. The number of thiophene rings is 1. The van der Waals surface area contributed by atoms with E-state index in [0.29, 0.717) is 19.8 Å². The molecule has 0 aliphatic carbocycles. The van der Waals surface area contributed by atoms with Gasteiger partial charge in [0.2, 0.25) is 0 Å². The number of nitrogens with zero attached hydrogens (tertiary/aromatic N) is 2. The third-order valence-corrected chi connectivity index (χ3v) is 4.37. The van der Waals surface area contributed by atoms with Crippen molar-refractivity contribution in [3.05, 3.63) is 60.2 Å². The Hall–Kier alpha value is -1.63. The van der Waals surface area contributed by atoms with Crippen LogP contribution in [0.3, 0.4) is 0 Å². The maximum absolute atomic E-state index is 12.2. The lowest BCUT2D eigenvalue weighted by Gasteiger charge is -2.17. The topological polar surface area (TPSA) is 63.4 Å². The Labute approximate surface area is 134 Å². The van der Waals surface area contributed by atoms with Crippen LogP contribution < -0.4 is 0 Å². The average molecular weight is 345 g/mol. The third kappa shape index (κ3) is 3.72. The number of rotatable bonds is 4. The lowest BCUT2D eigenvalue weighted by atomic mass is 10.2. The normalized spacial score (nSPS) is 10.4. The van der Waals surface area contributed by atoms with E-state index >= 15 is 0 Å². The van der Waals surface area contributed by atoms with E-state index in [-0.39, 0.29) is 18.1 Å². The van der Waals surface area contributed by atoms with Crippen molar-refractivity contribution in [1.29, 1.82) is 0 Å². The lowest BCUT2D eigenvalue weighted by molar-refractivity contribution is -0.384.